The fourth-order valence-corrected chi connectivity index (χ4v) is 3.77. The van der Waals surface area contributed by atoms with Crippen LogP contribution in [0.3, 0.4) is 0 Å². The van der Waals surface area contributed by atoms with Crippen LogP contribution in [0.15, 0.2) is 24.3 Å². The van der Waals surface area contributed by atoms with Gasteiger partial charge in [-0.15, -0.1) is 0 Å². The summed E-state index contributed by atoms with van der Waals surface area (Å²) in [4.78, 5) is 0. The van der Waals surface area contributed by atoms with Gasteiger partial charge in [-0.3, -0.25) is 11.3 Å². The summed E-state index contributed by atoms with van der Waals surface area (Å²) in [5.74, 6) is 7.58. The second-order valence-corrected chi connectivity index (χ2v) is 6.36. The zero-order valence-electron chi connectivity index (χ0n) is 10.6. The maximum Gasteiger partial charge on any atom is 0.0578 e. The van der Waals surface area contributed by atoms with E-state index in [1.807, 2.05) is 11.8 Å². The molecule has 1 saturated heterocycles. The van der Waals surface area contributed by atoms with E-state index in [0.29, 0.717) is 17.2 Å². The Bertz CT molecular complexity index is 342. The van der Waals surface area contributed by atoms with Crippen LogP contribution in [0.1, 0.15) is 49.8 Å². The van der Waals surface area contributed by atoms with Crippen molar-refractivity contribution in [1.82, 2.24) is 5.43 Å². The third-order valence-electron chi connectivity index (χ3n) is 3.48. The van der Waals surface area contributed by atoms with E-state index in [-0.39, 0.29) is 0 Å². The summed E-state index contributed by atoms with van der Waals surface area (Å²) >= 11 is 2.04. The summed E-state index contributed by atoms with van der Waals surface area (Å²) in [5, 5.41) is 0.630. The zero-order valence-corrected chi connectivity index (χ0v) is 11.5. The van der Waals surface area contributed by atoms with Crippen LogP contribution >= 0.6 is 11.8 Å². The molecule has 2 atom stereocenters. The van der Waals surface area contributed by atoms with Crippen LogP contribution in [0.4, 0.5) is 0 Å². The number of thioether (sulfide) groups is 1. The minimum absolute atomic E-state index is 0.295. The summed E-state index contributed by atoms with van der Waals surface area (Å²) in [6, 6.07) is 9.19. The first-order chi connectivity index (χ1) is 8.22. The largest absolute Gasteiger partial charge is 0.271 e. The van der Waals surface area contributed by atoms with Crippen molar-refractivity contribution in [1.29, 1.82) is 0 Å². The first-order valence-electron chi connectivity index (χ1n) is 6.40. The average Bonchev–Trinajstić information content (AvgIpc) is 2.84. The molecule has 0 radical (unpaired) electrons. The van der Waals surface area contributed by atoms with E-state index in [0.717, 1.165) is 0 Å². The van der Waals surface area contributed by atoms with Gasteiger partial charge in [-0.1, -0.05) is 38.1 Å². The van der Waals surface area contributed by atoms with Gasteiger partial charge in [0.05, 0.1) is 6.04 Å². The van der Waals surface area contributed by atoms with E-state index < -0.39 is 0 Å². The molecule has 1 aromatic carbocycles. The van der Waals surface area contributed by atoms with E-state index in [4.69, 9.17) is 5.84 Å². The second kappa shape index (κ2) is 5.89. The third kappa shape index (κ3) is 3.03. The van der Waals surface area contributed by atoms with Gasteiger partial charge in [0.25, 0.3) is 0 Å². The lowest BCUT2D eigenvalue weighted by atomic mass is 9.97. The highest BCUT2D eigenvalue weighted by atomic mass is 32.2. The monoisotopic (exact) mass is 250 g/mol. The van der Waals surface area contributed by atoms with Gasteiger partial charge in [0.15, 0.2) is 0 Å². The van der Waals surface area contributed by atoms with E-state index in [2.05, 4.69) is 43.5 Å². The average molecular weight is 250 g/mol. The van der Waals surface area contributed by atoms with E-state index >= 15 is 0 Å². The van der Waals surface area contributed by atoms with Crippen molar-refractivity contribution >= 4 is 11.8 Å². The Balaban J connectivity index is 2.13. The summed E-state index contributed by atoms with van der Waals surface area (Å²) < 4.78 is 0. The molecular formula is C14H22N2S. The molecule has 0 amide bonds. The summed E-state index contributed by atoms with van der Waals surface area (Å²) in [6.07, 6.45) is 2.59. The lowest BCUT2D eigenvalue weighted by Gasteiger charge is -2.22. The topological polar surface area (TPSA) is 38.0 Å². The van der Waals surface area contributed by atoms with Gasteiger partial charge in [0, 0.05) is 5.25 Å². The highest BCUT2D eigenvalue weighted by molar-refractivity contribution is 8.00. The number of rotatable bonds is 4. The molecule has 0 spiro atoms. The maximum atomic E-state index is 5.72. The first-order valence-corrected chi connectivity index (χ1v) is 7.45. The maximum absolute atomic E-state index is 5.72. The van der Waals surface area contributed by atoms with Crippen molar-refractivity contribution in [2.75, 3.05) is 5.75 Å². The van der Waals surface area contributed by atoms with Crippen LogP contribution < -0.4 is 11.3 Å². The van der Waals surface area contributed by atoms with Gasteiger partial charge in [0.2, 0.25) is 0 Å². The molecule has 2 unspecified atom stereocenters. The fraction of sp³-hybridized carbons (Fsp3) is 0.571. The van der Waals surface area contributed by atoms with Crippen molar-refractivity contribution in [3.05, 3.63) is 35.4 Å². The lowest BCUT2D eigenvalue weighted by molar-refractivity contribution is 0.520. The van der Waals surface area contributed by atoms with Crippen LogP contribution in [-0.2, 0) is 0 Å². The highest BCUT2D eigenvalue weighted by Gasteiger charge is 2.25. The van der Waals surface area contributed by atoms with Crippen LogP contribution in [-0.4, -0.2) is 11.0 Å². The Morgan fingerprint density at radius 2 is 1.88 bits per heavy atom. The molecule has 17 heavy (non-hydrogen) atoms. The Kier molecular flexibility index (Phi) is 4.48. The first kappa shape index (κ1) is 12.9. The predicted octanol–water partition coefficient (Wildman–Crippen LogP) is 3.21. The molecule has 94 valence electrons. The van der Waals surface area contributed by atoms with E-state index in [1.165, 1.54) is 29.7 Å². The van der Waals surface area contributed by atoms with Crippen LogP contribution in [0, 0.1) is 0 Å². The van der Waals surface area contributed by atoms with Crippen molar-refractivity contribution in [3.63, 3.8) is 0 Å². The van der Waals surface area contributed by atoms with Crippen molar-refractivity contribution in [3.8, 4) is 0 Å². The Morgan fingerprint density at radius 3 is 2.35 bits per heavy atom. The second-order valence-electron chi connectivity index (χ2n) is 5.02. The molecule has 2 rings (SSSR count). The lowest BCUT2D eigenvalue weighted by Crippen LogP contribution is -2.34. The Hall–Kier alpha value is -0.510. The molecule has 0 aromatic heterocycles. The Morgan fingerprint density at radius 1 is 1.24 bits per heavy atom. The highest BCUT2D eigenvalue weighted by Crippen LogP contribution is 2.35. The summed E-state index contributed by atoms with van der Waals surface area (Å²) in [5.41, 5.74) is 5.70. The molecule has 1 aromatic rings. The number of hydrogen-bond acceptors (Lipinski definition) is 3. The number of hydrazine groups is 1. The SMILES string of the molecule is CC(C)c1ccc(C(NN)C2CCCS2)cc1. The molecule has 2 nitrogen and oxygen atoms in total. The van der Waals surface area contributed by atoms with E-state index in [9.17, 15) is 0 Å². The zero-order chi connectivity index (χ0) is 12.3. The molecule has 0 aliphatic carbocycles. The third-order valence-corrected chi connectivity index (χ3v) is 4.94. The van der Waals surface area contributed by atoms with Gasteiger partial charge >= 0.3 is 0 Å². The molecule has 3 N–H and O–H groups in total. The molecule has 1 aliphatic heterocycles. The molecule has 0 bridgehead atoms. The Labute approximate surface area is 108 Å². The number of benzene rings is 1. The smallest absolute Gasteiger partial charge is 0.0578 e. The van der Waals surface area contributed by atoms with Gasteiger partial charge in [-0.05, 0) is 35.6 Å². The van der Waals surface area contributed by atoms with Gasteiger partial charge < -0.3 is 0 Å². The van der Waals surface area contributed by atoms with Crippen molar-refractivity contribution < 1.29 is 0 Å². The minimum atomic E-state index is 0.295. The fourth-order valence-electron chi connectivity index (χ4n) is 2.37. The summed E-state index contributed by atoms with van der Waals surface area (Å²) in [6.45, 7) is 4.45. The van der Waals surface area contributed by atoms with Gasteiger partial charge in [-0.25, -0.2) is 0 Å². The molecule has 0 saturated carbocycles. The number of nitrogens with one attached hydrogen (secondary N) is 1. The standard InChI is InChI=1S/C14H22N2S/c1-10(2)11-5-7-12(8-6-11)14(16-15)13-4-3-9-17-13/h5-8,10,13-14,16H,3-4,9,15H2,1-2H3. The van der Waals surface area contributed by atoms with Crippen molar-refractivity contribution in [2.45, 2.75) is 43.9 Å². The molecule has 1 fully saturated rings. The predicted molar refractivity (Wildman–Crippen MR) is 76.1 cm³/mol. The van der Waals surface area contributed by atoms with Crippen molar-refractivity contribution in [2.24, 2.45) is 5.84 Å². The molecule has 1 heterocycles. The molecular weight excluding hydrogens is 228 g/mol. The van der Waals surface area contributed by atoms with Crippen LogP contribution in [0.25, 0.3) is 0 Å². The number of hydrogen-bond donors (Lipinski definition) is 2. The molecule has 1 aliphatic rings. The van der Waals surface area contributed by atoms with Crippen LogP contribution in [0.5, 0.6) is 0 Å². The number of nitrogens with two attached hydrogens (primary N) is 1. The van der Waals surface area contributed by atoms with Gasteiger partial charge in [0.1, 0.15) is 0 Å². The minimum Gasteiger partial charge on any atom is -0.271 e. The normalized spacial score (nSPS) is 22.0. The molecule has 3 heteroatoms. The van der Waals surface area contributed by atoms with Gasteiger partial charge in [-0.2, -0.15) is 11.8 Å². The van der Waals surface area contributed by atoms with E-state index in [1.54, 1.807) is 0 Å². The summed E-state index contributed by atoms with van der Waals surface area (Å²) in [7, 11) is 0. The van der Waals surface area contributed by atoms with Crippen LogP contribution in [0.2, 0.25) is 0 Å². The quantitative estimate of drug-likeness (QED) is 0.636.